The van der Waals surface area contributed by atoms with Crippen molar-refractivity contribution in [3.05, 3.63) is 0 Å². The number of Topliss-reactive ketones (excluding diaryl/α,β-unsaturated/α-hetero) is 1. The molecule has 5 nitrogen and oxygen atoms in total. The van der Waals surface area contributed by atoms with E-state index < -0.39 is 24.0 Å². The smallest absolute Gasteiger partial charge is 0.166 e. The molecule has 78 valence electrons. The Morgan fingerprint density at radius 2 is 1.85 bits per heavy atom. The molecule has 0 rings (SSSR count). The van der Waals surface area contributed by atoms with Crippen LogP contribution in [0.2, 0.25) is 0 Å². The van der Waals surface area contributed by atoms with Gasteiger partial charge in [-0.2, -0.15) is 0 Å². The first-order valence-electron chi connectivity index (χ1n) is 4.27. The van der Waals surface area contributed by atoms with E-state index in [9.17, 15) is 15.0 Å². The molecule has 2 unspecified atom stereocenters. The maximum absolute atomic E-state index is 11.2. The highest BCUT2D eigenvalue weighted by atomic mass is 16.3. The van der Waals surface area contributed by atoms with Crippen molar-refractivity contribution >= 4 is 5.78 Å². The van der Waals surface area contributed by atoms with Gasteiger partial charge in [0.2, 0.25) is 0 Å². The molecule has 0 aromatic heterocycles. The third kappa shape index (κ3) is 3.40. The van der Waals surface area contributed by atoms with Crippen LogP contribution in [-0.2, 0) is 4.79 Å². The minimum atomic E-state index is -1.43. The molecule has 0 aromatic carbocycles. The second-order valence-electron chi connectivity index (χ2n) is 3.39. The van der Waals surface area contributed by atoms with E-state index in [1.165, 1.54) is 0 Å². The van der Waals surface area contributed by atoms with Gasteiger partial charge in [-0.3, -0.25) is 4.79 Å². The standard InChI is InChI=1S/C8H18N2O3/c1-4(2)6(11)8(13)7(12)5(10)3-9/h4-5,7-8,12-13H,3,9-10H2,1-2H3/t5?,7?,8-/m1/s1. The zero-order valence-corrected chi connectivity index (χ0v) is 7.97. The Morgan fingerprint density at radius 3 is 2.15 bits per heavy atom. The van der Waals surface area contributed by atoms with Crippen molar-refractivity contribution in [2.45, 2.75) is 32.1 Å². The van der Waals surface area contributed by atoms with Crippen LogP contribution in [0, 0.1) is 5.92 Å². The van der Waals surface area contributed by atoms with Crippen molar-refractivity contribution < 1.29 is 15.0 Å². The molecular formula is C8H18N2O3. The summed E-state index contributed by atoms with van der Waals surface area (Å²) in [4.78, 5) is 11.2. The van der Waals surface area contributed by atoms with Gasteiger partial charge in [0.15, 0.2) is 5.78 Å². The third-order valence-electron chi connectivity index (χ3n) is 1.89. The Morgan fingerprint density at radius 1 is 1.38 bits per heavy atom. The van der Waals surface area contributed by atoms with Crippen molar-refractivity contribution in [1.29, 1.82) is 0 Å². The second kappa shape index (κ2) is 5.29. The largest absolute Gasteiger partial charge is 0.388 e. The van der Waals surface area contributed by atoms with E-state index in [0.29, 0.717) is 0 Å². The Kier molecular flexibility index (Phi) is 5.09. The Hall–Kier alpha value is -0.490. The zero-order chi connectivity index (χ0) is 10.6. The molecule has 13 heavy (non-hydrogen) atoms. The highest BCUT2D eigenvalue weighted by Crippen LogP contribution is 2.05. The number of rotatable bonds is 5. The quantitative estimate of drug-likeness (QED) is 0.410. The number of carbonyl (C=O) groups is 1. The number of aliphatic hydroxyl groups is 2. The molecule has 0 saturated carbocycles. The van der Waals surface area contributed by atoms with Crippen molar-refractivity contribution in [1.82, 2.24) is 0 Å². The molecule has 0 aromatic rings. The number of hydrogen-bond acceptors (Lipinski definition) is 5. The minimum Gasteiger partial charge on any atom is -0.388 e. The molecule has 3 atom stereocenters. The van der Waals surface area contributed by atoms with Gasteiger partial charge in [0, 0.05) is 18.5 Å². The summed E-state index contributed by atoms with van der Waals surface area (Å²) in [6.45, 7) is 3.32. The number of nitrogens with two attached hydrogens (primary N) is 2. The molecular weight excluding hydrogens is 172 g/mol. The van der Waals surface area contributed by atoms with Gasteiger partial charge in [0.05, 0.1) is 0 Å². The van der Waals surface area contributed by atoms with Crippen molar-refractivity contribution in [3.8, 4) is 0 Å². The maximum atomic E-state index is 11.2. The number of ketones is 1. The van der Waals surface area contributed by atoms with Gasteiger partial charge in [-0.1, -0.05) is 13.8 Å². The molecule has 0 fully saturated rings. The first-order chi connectivity index (χ1) is 5.91. The van der Waals surface area contributed by atoms with E-state index in [4.69, 9.17) is 11.5 Å². The average Bonchev–Trinajstić information content (AvgIpc) is 2.12. The molecule has 0 aliphatic heterocycles. The summed E-state index contributed by atoms with van der Waals surface area (Å²) in [5.74, 6) is -0.744. The van der Waals surface area contributed by atoms with Gasteiger partial charge >= 0.3 is 0 Å². The summed E-state index contributed by atoms with van der Waals surface area (Å²) in [6.07, 6.45) is -2.71. The van der Waals surface area contributed by atoms with Crippen LogP contribution in [0.25, 0.3) is 0 Å². The van der Waals surface area contributed by atoms with Crippen LogP contribution in [0.15, 0.2) is 0 Å². The van der Waals surface area contributed by atoms with Gasteiger partial charge in [0.1, 0.15) is 12.2 Å². The molecule has 0 aliphatic rings. The van der Waals surface area contributed by atoms with E-state index in [2.05, 4.69) is 0 Å². The van der Waals surface area contributed by atoms with E-state index in [0.717, 1.165) is 0 Å². The SMILES string of the molecule is CC(C)C(=O)[C@@H](O)C(O)C(N)CN. The monoisotopic (exact) mass is 190 g/mol. The van der Waals surface area contributed by atoms with Gasteiger partial charge in [-0.25, -0.2) is 0 Å². The number of carbonyl (C=O) groups excluding carboxylic acids is 1. The Bertz CT molecular complexity index is 173. The highest BCUT2D eigenvalue weighted by molar-refractivity contribution is 5.85. The minimum absolute atomic E-state index is 0.0314. The molecule has 6 N–H and O–H groups in total. The van der Waals surface area contributed by atoms with Gasteiger partial charge in [0.25, 0.3) is 0 Å². The van der Waals surface area contributed by atoms with Crippen molar-refractivity contribution in [2.24, 2.45) is 17.4 Å². The predicted octanol–water partition coefficient (Wildman–Crippen LogP) is -1.78. The van der Waals surface area contributed by atoms with E-state index in [1.807, 2.05) is 0 Å². The van der Waals surface area contributed by atoms with Crippen LogP contribution in [0.3, 0.4) is 0 Å². The molecule has 5 heteroatoms. The fourth-order valence-corrected chi connectivity index (χ4v) is 0.883. The fourth-order valence-electron chi connectivity index (χ4n) is 0.883. The van der Waals surface area contributed by atoms with Crippen LogP contribution in [0.5, 0.6) is 0 Å². The van der Waals surface area contributed by atoms with Crippen LogP contribution in [-0.4, -0.2) is 40.8 Å². The predicted molar refractivity (Wildman–Crippen MR) is 48.9 cm³/mol. The lowest BCUT2D eigenvalue weighted by atomic mass is 9.96. The number of hydrogen-bond donors (Lipinski definition) is 4. The lowest BCUT2D eigenvalue weighted by Crippen LogP contribution is -2.50. The van der Waals surface area contributed by atoms with E-state index in [1.54, 1.807) is 13.8 Å². The topological polar surface area (TPSA) is 110 Å². The zero-order valence-electron chi connectivity index (χ0n) is 7.97. The summed E-state index contributed by atoms with van der Waals surface area (Å²) < 4.78 is 0. The first-order valence-corrected chi connectivity index (χ1v) is 4.27. The fraction of sp³-hybridized carbons (Fsp3) is 0.875. The number of aliphatic hydroxyl groups excluding tert-OH is 2. The van der Waals surface area contributed by atoms with Crippen LogP contribution in [0.1, 0.15) is 13.8 Å². The summed E-state index contributed by atoms with van der Waals surface area (Å²) in [7, 11) is 0. The Balaban J connectivity index is 4.24. The van der Waals surface area contributed by atoms with Crippen LogP contribution < -0.4 is 11.5 Å². The molecule has 0 saturated heterocycles. The molecule has 0 heterocycles. The highest BCUT2D eigenvalue weighted by Gasteiger charge is 2.29. The Labute approximate surface area is 77.7 Å². The lowest BCUT2D eigenvalue weighted by Gasteiger charge is -2.22. The van der Waals surface area contributed by atoms with E-state index in [-0.39, 0.29) is 12.5 Å². The third-order valence-corrected chi connectivity index (χ3v) is 1.89. The average molecular weight is 190 g/mol. The lowest BCUT2D eigenvalue weighted by molar-refractivity contribution is -0.136. The first kappa shape index (κ1) is 12.5. The summed E-state index contributed by atoms with van der Waals surface area (Å²) in [6, 6.07) is -0.766. The molecule has 0 bridgehead atoms. The normalized spacial score (nSPS) is 18.4. The molecule has 0 radical (unpaired) electrons. The second-order valence-corrected chi connectivity index (χ2v) is 3.39. The van der Waals surface area contributed by atoms with E-state index >= 15 is 0 Å². The molecule has 0 amide bonds. The molecule has 0 aliphatic carbocycles. The van der Waals surface area contributed by atoms with Crippen LogP contribution >= 0.6 is 0 Å². The van der Waals surface area contributed by atoms with Crippen molar-refractivity contribution in [2.75, 3.05) is 6.54 Å². The van der Waals surface area contributed by atoms with Gasteiger partial charge in [-0.15, -0.1) is 0 Å². The van der Waals surface area contributed by atoms with Gasteiger partial charge in [-0.05, 0) is 0 Å². The summed E-state index contributed by atoms with van der Waals surface area (Å²) in [5, 5.41) is 18.7. The van der Waals surface area contributed by atoms with Gasteiger partial charge < -0.3 is 21.7 Å². The summed E-state index contributed by atoms with van der Waals surface area (Å²) >= 11 is 0. The summed E-state index contributed by atoms with van der Waals surface area (Å²) in [5.41, 5.74) is 10.5. The molecule has 0 spiro atoms. The van der Waals surface area contributed by atoms with Crippen LogP contribution in [0.4, 0.5) is 0 Å². The van der Waals surface area contributed by atoms with Crippen molar-refractivity contribution in [3.63, 3.8) is 0 Å². The maximum Gasteiger partial charge on any atom is 0.166 e.